The van der Waals surface area contributed by atoms with Crippen LogP contribution in [0.15, 0.2) is 34.9 Å². The molecular formula is C17H25ClN4O. The third-order valence-electron chi connectivity index (χ3n) is 4.43. The lowest BCUT2D eigenvalue weighted by atomic mass is 9.92. The van der Waals surface area contributed by atoms with Crippen molar-refractivity contribution in [3.8, 4) is 0 Å². The van der Waals surface area contributed by atoms with Gasteiger partial charge in [0.25, 0.3) is 0 Å². The average Bonchev–Trinajstić information content (AvgIpc) is 2.97. The van der Waals surface area contributed by atoms with E-state index in [1.165, 1.54) is 12.0 Å². The van der Waals surface area contributed by atoms with Gasteiger partial charge in [0.05, 0.1) is 6.54 Å². The molecule has 0 bridgehead atoms. The quantitative estimate of drug-likeness (QED) is 0.909. The number of piperidine rings is 1. The van der Waals surface area contributed by atoms with Gasteiger partial charge in [0.15, 0.2) is 5.82 Å². The van der Waals surface area contributed by atoms with E-state index in [1.54, 1.807) is 0 Å². The van der Waals surface area contributed by atoms with E-state index in [0.717, 1.165) is 24.7 Å². The summed E-state index contributed by atoms with van der Waals surface area (Å²) in [6, 6.07) is 10.6. The molecule has 1 aliphatic heterocycles. The van der Waals surface area contributed by atoms with Crippen LogP contribution in [-0.2, 0) is 13.0 Å². The lowest BCUT2D eigenvalue weighted by Gasteiger charge is -2.36. The number of nitrogens with two attached hydrogens (primary N) is 1. The fourth-order valence-electron chi connectivity index (χ4n) is 3.13. The zero-order valence-electron chi connectivity index (χ0n) is 13.5. The Morgan fingerprint density at radius 1 is 1.30 bits per heavy atom. The summed E-state index contributed by atoms with van der Waals surface area (Å²) in [4.78, 5) is 6.90. The first-order valence-electron chi connectivity index (χ1n) is 8.04. The van der Waals surface area contributed by atoms with E-state index in [9.17, 15) is 0 Å². The molecule has 2 unspecified atom stereocenters. The standard InChI is InChI=1S/C17H24N4O.ClH/c1-13-7-8-21(15(9-13)11-18)12-17-19-16(20-22-17)10-14-5-3-2-4-6-14;/h2-6,13,15H,7-12,18H2,1H3;1H. The Balaban J connectivity index is 0.00000192. The van der Waals surface area contributed by atoms with E-state index in [-0.39, 0.29) is 12.4 Å². The molecule has 126 valence electrons. The summed E-state index contributed by atoms with van der Waals surface area (Å²) in [5.74, 6) is 2.19. The minimum Gasteiger partial charge on any atom is -0.338 e. The first kappa shape index (κ1) is 17.9. The van der Waals surface area contributed by atoms with Crippen LogP contribution in [0.2, 0.25) is 0 Å². The van der Waals surface area contributed by atoms with Crippen LogP contribution in [0, 0.1) is 5.92 Å². The van der Waals surface area contributed by atoms with E-state index >= 15 is 0 Å². The van der Waals surface area contributed by atoms with Crippen LogP contribution in [0.5, 0.6) is 0 Å². The highest BCUT2D eigenvalue weighted by Crippen LogP contribution is 2.23. The van der Waals surface area contributed by atoms with E-state index in [4.69, 9.17) is 10.3 Å². The summed E-state index contributed by atoms with van der Waals surface area (Å²) in [5, 5.41) is 4.10. The molecule has 0 saturated carbocycles. The summed E-state index contributed by atoms with van der Waals surface area (Å²) in [5.41, 5.74) is 7.10. The predicted molar refractivity (Wildman–Crippen MR) is 92.4 cm³/mol. The third-order valence-corrected chi connectivity index (χ3v) is 4.43. The van der Waals surface area contributed by atoms with Crippen molar-refractivity contribution < 1.29 is 4.52 Å². The van der Waals surface area contributed by atoms with Crippen molar-refractivity contribution in [1.82, 2.24) is 15.0 Å². The van der Waals surface area contributed by atoms with E-state index in [1.807, 2.05) is 18.2 Å². The maximum absolute atomic E-state index is 5.91. The van der Waals surface area contributed by atoms with Gasteiger partial charge in [-0.15, -0.1) is 12.4 Å². The molecule has 0 radical (unpaired) electrons. The zero-order chi connectivity index (χ0) is 15.4. The number of rotatable bonds is 5. The smallest absolute Gasteiger partial charge is 0.240 e. The lowest BCUT2D eigenvalue weighted by Crippen LogP contribution is -2.45. The van der Waals surface area contributed by atoms with Crippen molar-refractivity contribution in [1.29, 1.82) is 0 Å². The van der Waals surface area contributed by atoms with Crippen LogP contribution in [0.25, 0.3) is 0 Å². The molecule has 1 fully saturated rings. The highest BCUT2D eigenvalue weighted by Gasteiger charge is 2.26. The van der Waals surface area contributed by atoms with Gasteiger partial charge in [0.1, 0.15) is 0 Å². The van der Waals surface area contributed by atoms with Crippen LogP contribution in [-0.4, -0.2) is 34.2 Å². The topological polar surface area (TPSA) is 68.2 Å². The molecule has 3 rings (SSSR count). The molecule has 2 atom stereocenters. The Kier molecular flexibility index (Phi) is 6.57. The number of hydrogen-bond acceptors (Lipinski definition) is 5. The summed E-state index contributed by atoms with van der Waals surface area (Å²) >= 11 is 0. The van der Waals surface area contributed by atoms with Gasteiger partial charge in [-0.3, -0.25) is 4.90 Å². The third kappa shape index (κ3) is 4.77. The van der Waals surface area contributed by atoms with Crippen LogP contribution in [0.1, 0.15) is 37.0 Å². The first-order valence-corrected chi connectivity index (χ1v) is 8.04. The first-order chi connectivity index (χ1) is 10.7. The van der Waals surface area contributed by atoms with Gasteiger partial charge in [-0.05, 0) is 30.9 Å². The number of nitrogens with zero attached hydrogens (tertiary/aromatic N) is 3. The maximum Gasteiger partial charge on any atom is 0.240 e. The second-order valence-electron chi connectivity index (χ2n) is 6.26. The van der Waals surface area contributed by atoms with Crippen LogP contribution < -0.4 is 5.73 Å². The van der Waals surface area contributed by atoms with Gasteiger partial charge in [-0.2, -0.15) is 4.98 Å². The second-order valence-corrected chi connectivity index (χ2v) is 6.26. The molecule has 1 aliphatic rings. The van der Waals surface area contributed by atoms with Gasteiger partial charge in [-0.25, -0.2) is 0 Å². The average molecular weight is 337 g/mol. The van der Waals surface area contributed by atoms with Crippen LogP contribution in [0.4, 0.5) is 0 Å². The van der Waals surface area contributed by atoms with Crippen molar-refractivity contribution in [2.75, 3.05) is 13.1 Å². The molecule has 1 aromatic heterocycles. The van der Waals surface area contributed by atoms with Crippen molar-refractivity contribution in [3.05, 3.63) is 47.6 Å². The number of benzene rings is 1. The monoisotopic (exact) mass is 336 g/mol. The fourth-order valence-corrected chi connectivity index (χ4v) is 3.13. The largest absolute Gasteiger partial charge is 0.338 e. The minimum atomic E-state index is 0. The van der Waals surface area contributed by atoms with E-state index in [0.29, 0.717) is 31.4 Å². The Morgan fingerprint density at radius 3 is 2.83 bits per heavy atom. The number of likely N-dealkylation sites (tertiary alicyclic amines) is 1. The molecule has 6 heteroatoms. The SMILES string of the molecule is CC1CCN(Cc2nc(Cc3ccccc3)no2)C(CN)C1.Cl. The Labute approximate surface area is 143 Å². The molecule has 1 saturated heterocycles. The lowest BCUT2D eigenvalue weighted by molar-refractivity contribution is 0.102. The highest BCUT2D eigenvalue weighted by molar-refractivity contribution is 5.85. The van der Waals surface area contributed by atoms with Gasteiger partial charge in [0, 0.05) is 19.0 Å². The van der Waals surface area contributed by atoms with Crippen molar-refractivity contribution in [3.63, 3.8) is 0 Å². The molecule has 5 nitrogen and oxygen atoms in total. The Bertz CT molecular complexity index is 589. The summed E-state index contributed by atoms with van der Waals surface area (Å²) in [7, 11) is 0. The summed E-state index contributed by atoms with van der Waals surface area (Å²) in [6.45, 7) is 4.75. The Hall–Kier alpha value is -1.43. The summed E-state index contributed by atoms with van der Waals surface area (Å²) in [6.07, 6.45) is 3.07. The fraction of sp³-hybridized carbons (Fsp3) is 0.529. The number of aromatic nitrogens is 2. The van der Waals surface area contributed by atoms with Gasteiger partial charge >= 0.3 is 0 Å². The molecule has 2 N–H and O–H groups in total. The van der Waals surface area contributed by atoms with Crippen LogP contribution in [0.3, 0.4) is 0 Å². The van der Waals surface area contributed by atoms with E-state index < -0.39 is 0 Å². The van der Waals surface area contributed by atoms with Crippen molar-refractivity contribution in [2.24, 2.45) is 11.7 Å². The summed E-state index contributed by atoms with van der Waals surface area (Å²) < 4.78 is 5.42. The molecule has 0 aliphatic carbocycles. The Morgan fingerprint density at radius 2 is 2.09 bits per heavy atom. The number of halogens is 1. The maximum atomic E-state index is 5.91. The molecule has 23 heavy (non-hydrogen) atoms. The highest BCUT2D eigenvalue weighted by atomic mass is 35.5. The van der Waals surface area contributed by atoms with Gasteiger partial charge < -0.3 is 10.3 Å². The normalized spacial score (nSPS) is 21.8. The zero-order valence-corrected chi connectivity index (χ0v) is 14.3. The van der Waals surface area contributed by atoms with Crippen molar-refractivity contribution >= 4 is 12.4 Å². The minimum absolute atomic E-state index is 0. The van der Waals surface area contributed by atoms with Gasteiger partial charge in [0.2, 0.25) is 5.89 Å². The van der Waals surface area contributed by atoms with E-state index in [2.05, 4.69) is 34.1 Å². The van der Waals surface area contributed by atoms with Gasteiger partial charge in [-0.1, -0.05) is 42.4 Å². The van der Waals surface area contributed by atoms with Crippen molar-refractivity contribution in [2.45, 2.75) is 38.8 Å². The van der Waals surface area contributed by atoms with Crippen LogP contribution >= 0.6 is 12.4 Å². The number of hydrogen-bond donors (Lipinski definition) is 1. The molecule has 2 heterocycles. The molecule has 2 aromatic rings. The molecule has 1 aromatic carbocycles. The molecule has 0 amide bonds. The predicted octanol–water partition coefficient (Wildman–Crippen LogP) is 2.64. The molecular weight excluding hydrogens is 312 g/mol. The second kappa shape index (κ2) is 8.43. The molecule has 0 spiro atoms.